The minimum Gasteiger partial charge on any atom is -0.492 e. The number of anilines is 1. The second-order valence-electron chi connectivity index (χ2n) is 9.42. The van der Waals surface area contributed by atoms with Crippen LogP contribution in [0.15, 0.2) is 72.8 Å². The summed E-state index contributed by atoms with van der Waals surface area (Å²) in [5.74, 6) is -0.614. The number of halogens is 2. The third-order valence-corrected chi connectivity index (χ3v) is 8.00. The van der Waals surface area contributed by atoms with Crippen LogP contribution in [0, 0.1) is 0 Å². The molecule has 8 nitrogen and oxygen atoms in total. The molecular formula is C30H35Cl2N3O5S. The number of para-hydroxylation sites is 2. The summed E-state index contributed by atoms with van der Waals surface area (Å²) in [6.07, 6.45) is 1.94. The Morgan fingerprint density at radius 3 is 2.29 bits per heavy atom. The van der Waals surface area contributed by atoms with E-state index in [-0.39, 0.29) is 24.6 Å². The molecule has 1 unspecified atom stereocenters. The molecule has 0 spiro atoms. The van der Waals surface area contributed by atoms with Crippen LogP contribution < -0.4 is 14.4 Å². The molecule has 0 saturated carbocycles. The highest BCUT2D eigenvalue weighted by Crippen LogP contribution is 2.31. The lowest BCUT2D eigenvalue weighted by atomic mass is 10.0. The average molecular weight is 621 g/mol. The van der Waals surface area contributed by atoms with E-state index in [0.29, 0.717) is 40.9 Å². The fourth-order valence-corrected chi connectivity index (χ4v) is 5.61. The largest absolute Gasteiger partial charge is 0.492 e. The Kier molecular flexibility index (Phi) is 11.9. The summed E-state index contributed by atoms with van der Waals surface area (Å²) < 4.78 is 32.7. The number of ether oxygens (including phenoxy) is 1. The second kappa shape index (κ2) is 15.1. The van der Waals surface area contributed by atoms with Crippen molar-refractivity contribution in [2.75, 3.05) is 30.3 Å². The fourth-order valence-electron chi connectivity index (χ4n) is 4.29. The summed E-state index contributed by atoms with van der Waals surface area (Å²) in [5.41, 5.74) is 1.63. The Hall–Kier alpha value is -3.27. The first-order valence-corrected chi connectivity index (χ1v) is 15.9. The van der Waals surface area contributed by atoms with Crippen molar-refractivity contribution < 1.29 is 22.7 Å². The molecule has 41 heavy (non-hydrogen) atoms. The molecule has 3 aromatic rings. The third kappa shape index (κ3) is 9.11. The van der Waals surface area contributed by atoms with Gasteiger partial charge in [-0.05, 0) is 48.7 Å². The Labute approximate surface area is 252 Å². The van der Waals surface area contributed by atoms with Gasteiger partial charge >= 0.3 is 0 Å². The molecule has 1 N–H and O–H groups in total. The molecule has 0 aliphatic rings. The Bertz CT molecular complexity index is 1440. The zero-order valence-corrected chi connectivity index (χ0v) is 25.7. The number of nitrogens with zero attached hydrogens (tertiary/aromatic N) is 2. The van der Waals surface area contributed by atoms with E-state index in [2.05, 4.69) is 5.32 Å². The molecule has 0 saturated heterocycles. The lowest BCUT2D eigenvalue weighted by Crippen LogP contribution is -2.53. The van der Waals surface area contributed by atoms with Crippen molar-refractivity contribution in [3.63, 3.8) is 0 Å². The summed E-state index contributed by atoms with van der Waals surface area (Å²) in [6, 6.07) is 19.9. The number of rotatable bonds is 14. The SMILES string of the molecule is CCCNC(=O)C(Cc1ccccc1)N(Cc1ccc(Cl)cc1Cl)C(=O)CN(c1ccccc1OCC)S(C)(=O)=O. The van der Waals surface area contributed by atoms with Gasteiger partial charge in [0.15, 0.2) is 0 Å². The van der Waals surface area contributed by atoms with Crippen molar-refractivity contribution in [3.05, 3.63) is 94.0 Å². The number of benzene rings is 3. The summed E-state index contributed by atoms with van der Waals surface area (Å²) in [6.45, 7) is 3.85. The molecule has 1 atom stereocenters. The maximum Gasteiger partial charge on any atom is 0.244 e. The van der Waals surface area contributed by atoms with Crippen LogP contribution in [0.4, 0.5) is 5.69 Å². The first kappa shape index (κ1) is 32.2. The molecule has 3 rings (SSSR count). The summed E-state index contributed by atoms with van der Waals surface area (Å²) >= 11 is 12.6. The monoisotopic (exact) mass is 619 g/mol. The highest BCUT2D eigenvalue weighted by molar-refractivity contribution is 7.92. The third-order valence-electron chi connectivity index (χ3n) is 6.29. The standard InChI is InChI=1S/C30H35Cl2N3O5S/c1-4-17-33-30(37)27(18-22-11-7-6-8-12-22)34(20-23-15-16-24(31)19-25(23)32)29(36)21-35(41(3,38)39)26-13-9-10-14-28(26)40-5-2/h6-16,19,27H,4-5,17-18,20-21H2,1-3H3,(H,33,37). The van der Waals surface area contributed by atoms with E-state index in [1.165, 1.54) is 4.90 Å². The summed E-state index contributed by atoms with van der Waals surface area (Å²) in [4.78, 5) is 29.1. The molecule has 11 heteroatoms. The van der Waals surface area contributed by atoms with Crippen molar-refractivity contribution in [1.29, 1.82) is 0 Å². The van der Waals surface area contributed by atoms with Gasteiger partial charge in [0.05, 0.1) is 18.6 Å². The van der Waals surface area contributed by atoms with Gasteiger partial charge in [-0.2, -0.15) is 0 Å². The predicted octanol–water partition coefficient (Wildman–Crippen LogP) is 5.32. The highest BCUT2D eigenvalue weighted by atomic mass is 35.5. The van der Waals surface area contributed by atoms with E-state index < -0.39 is 28.5 Å². The van der Waals surface area contributed by atoms with Gasteiger partial charge in [-0.1, -0.05) is 78.7 Å². The molecule has 220 valence electrons. The molecule has 3 aromatic carbocycles. The number of sulfonamides is 1. The van der Waals surface area contributed by atoms with Gasteiger partial charge in [-0.3, -0.25) is 13.9 Å². The summed E-state index contributed by atoms with van der Waals surface area (Å²) in [5, 5.41) is 3.65. The second-order valence-corrected chi connectivity index (χ2v) is 12.2. The predicted molar refractivity (Wildman–Crippen MR) is 164 cm³/mol. The lowest BCUT2D eigenvalue weighted by molar-refractivity contribution is -0.140. The minimum atomic E-state index is -3.93. The van der Waals surface area contributed by atoms with Crippen LogP contribution in [-0.4, -0.2) is 57.1 Å². The number of carbonyl (C=O) groups excluding carboxylic acids is 2. The van der Waals surface area contributed by atoms with E-state index in [0.717, 1.165) is 16.1 Å². The molecule has 0 aromatic heterocycles. The first-order chi connectivity index (χ1) is 19.5. The molecule has 0 heterocycles. The van der Waals surface area contributed by atoms with E-state index in [1.54, 1.807) is 49.4 Å². The van der Waals surface area contributed by atoms with Gasteiger partial charge in [0.2, 0.25) is 21.8 Å². The molecule has 0 bridgehead atoms. The molecule has 2 amide bonds. The van der Waals surface area contributed by atoms with Crippen molar-refractivity contribution in [1.82, 2.24) is 10.2 Å². The number of nitrogens with one attached hydrogen (secondary N) is 1. The van der Waals surface area contributed by atoms with Crippen molar-refractivity contribution in [3.8, 4) is 5.75 Å². The molecular weight excluding hydrogens is 585 g/mol. The average Bonchev–Trinajstić information content (AvgIpc) is 2.93. The van der Waals surface area contributed by atoms with Gasteiger partial charge < -0.3 is 15.0 Å². The van der Waals surface area contributed by atoms with Gasteiger partial charge in [0, 0.05) is 29.6 Å². The maximum atomic E-state index is 14.2. The van der Waals surface area contributed by atoms with Crippen LogP contribution in [-0.2, 0) is 32.6 Å². The fraction of sp³-hybridized carbons (Fsp3) is 0.333. The molecule has 0 radical (unpaired) electrons. The van der Waals surface area contributed by atoms with Crippen LogP contribution in [0.3, 0.4) is 0 Å². The Morgan fingerprint density at radius 1 is 0.976 bits per heavy atom. The molecule has 0 aliphatic carbocycles. The lowest BCUT2D eigenvalue weighted by Gasteiger charge is -2.34. The van der Waals surface area contributed by atoms with Crippen molar-refractivity contribution >= 4 is 50.7 Å². The van der Waals surface area contributed by atoms with E-state index in [4.69, 9.17) is 27.9 Å². The number of hydrogen-bond donors (Lipinski definition) is 1. The van der Waals surface area contributed by atoms with Gasteiger partial charge in [0.1, 0.15) is 18.3 Å². The first-order valence-electron chi connectivity index (χ1n) is 13.3. The zero-order valence-electron chi connectivity index (χ0n) is 23.3. The number of carbonyl (C=O) groups is 2. The molecule has 0 fully saturated rings. The van der Waals surface area contributed by atoms with Gasteiger partial charge in [-0.25, -0.2) is 8.42 Å². The minimum absolute atomic E-state index is 0.0451. The Balaban J connectivity index is 2.09. The quantitative estimate of drug-likeness (QED) is 0.263. The van der Waals surface area contributed by atoms with Crippen LogP contribution in [0.2, 0.25) is 10.0 Å². The van der Waals surface area contributed by atoms with Gasteiger partial charge in [-0.15, -0.1) is 0 Å². The topological polar surface area (TPSA) is 96.0 Å². The van der Waals surface area contributed by atoms with E-state index >= 15 is 0 Å². The van der Waals surface area contributed by atoms with E-state index in [9.17, 15) is 18.0 Å². The van der Waals surface area contributed by atoms with Crippen LogP contribution >= 0.6 is 23.2 Å². The number of amides is 2. The van der Waals surface area contributed by atoms with Gasteiger partial charge in [0.25, 0.3) is 0 Å². The smallest absolute Gasteiger partial charge is 0.244 e. The van der Waals surface area contributed by atoms with Crippen molar-refractivity contribution in [2.45, 2.75) is 39.3 Å². The van der Waals surface area contributed by atoms with Crippen LogP contribution in [0.25, 0.3) is 0 Å². The number of hydrogen-bond acceptors (Lipinski definition) is 5. The van der Waals surface area contributed by atoms with E-state index in [1.807, 2.05) is 37.3 Å². The molecule has 0 aliphatic heterocycles. The Morgan fingerprint density at radius 2 is 1.66 bits per heavy atom. The zero-order chi connectivity index (χ0) is 30.0. The highest BCUT2D eigenvalue weighted by Gasteiger charge is 2.34. The normalized spacial score (nSPS) is 11.9. The van der Waals surface area contributed by atoms with Crippen molar-refractivity contribution in [2.24, 2.45) is 0 Å². The van der Waals surface area contributed by atoms with Crippen LogP contribution in [0.1, 0.15) is 31.4 Å². The van der Waals surface area contributed by atoms with Crippen LogP contribution in [0.5, 0.6) is 5.75 Å². The maximum absolute atomic E-state index is 14.2. The summed E-state index contributed by atoms with van der Waals surface area (Å²) in [7, 11) is -3.93.